The average Bonchev–Trinajstić information content (AvgIpc) is 2.88. The highest BCUT2D eigenvalue weighted by Gasteiger charge is 2.14. The third-order valence-corrected chi connectivity index (χ3v) is 2.95. The van der Waals surface area contributed by atoms with E-state index in [0.717, 1.165) is 24.8 Å². The predicted octanol–water partition coefficient (Wildman–Crippen LogP) is 1.89. The van der Waals surface area contributed by atoms with Gasteiger partial charge < -0.3 is 15.4 Å². The number of hydrogen-bond acceptors (Lipinski definition) is 5. The molecule has 94 valence electrons. The van der Waals surface area contributed by atoms with Crippen LogP contribution >= 0.6 is 0 Å². The van der Waals surface area contributed by atoms with Crippen LogP contribution in [0.15, 0.2) is 12.4 Å². The Kier molecular flexibility index (Phi) is 4.55. The van der Waals surface area contributed by atoms with E-state index in [1.54, 1.807) is 12.4 Å². The van der Waals surface area contributed by atoms with Crippen molar-refractivity contribution in [2.45, 2.75) is 31.8 Å². The fourth-order valence-corrected chi connectivity index (χ4v) is 2.03. The van der Waals surface area contributed by atoms with Gasteiger partial charge in [-0.3, -0.25) is 4.98 Å². The molecule has 1 aromatic rings. The maximum Gasteiger partial charge on any atom is 0.147 e. The SMILES string of the molecule is CNc1cncc(NCCOC2CCCC2)n1. The maximum atomic E-state index is 5.75. The minimum Gasteiger partial charge on any atom is -0.376 e. The van der Waals surface area contributed by atoms with Crippen LogP contribution in [-0.4, -0.2) is 36.3 Å². The van der Waals surface area contributed by atoms with Gasteiger partial charge in [0.15, 0.2) is 0 Å². The second kappa shape index (κ2) is 6.39. The van der Waals surface area contributed by atoms with E-state index in [1.165, 1.54) is 25.7 Å². The van der Waals surface area contributed by atoms with Crippen LogP contribution in [0.4, 0.5) is 11.6 Å². The zero-order valence-electron chi connectivity index (χ0n) is 10.3. The van der Waals surface area contributed by atoms with Gasteiger partial charge in [-0.25, -0.2) is 4.98 Å². The molecule has 5 heteroatoms. The summed E-state index contributed by atoms with van der Waals surface area (Å²) in [4.78, 5) is 8.40. The highest BCUT2D eigenvalue weighted by atomic mass is 16.5. The Labute approximate surface area is 102 Å². The summed E-state index contributed by atoms with van der Waals surface area (Å²) in [5.41, 5.74) is 0. The molecule has 17 heavy (non-hydrogen) atoms. The van der Waals surface area contributed by atoms with Crippen molar-refractivity contribution < 1.29 is 4.74 Å². The van der Waals surface area contributed by atoms with Crippen LogP contribution in [0.3, 0.4) is 0 Å². The molecule has 5 nitrogen and oxygen atoms in total. The minimum absolute atomic E-state index is 0.478. The van der Waals surface area contributed by atoms with E-state index in [-0.39, 0.29) is 0 Å². The average molecular weight is 236 g/mol. The van der Waals surface area contributed by atoms with Crippen molar-refractivity contribution in [1.29, 1.82) is 0 Å². The van der Waals surface area contributed by atoms with E-state index >= 15 is 0 Å². The highest BCUT2D eigenvalue weighted by Crippen LogP contribution is 2.20. The fourth-order valence-electron chi connectivity index (χ4n) is 2.03. The van der Waals surface area contributed by atoms with E-state index in [2.05, 4.69) is 20.6 Å². The molecule has 0 radical (unpaired) electrons. The number of anilines is 2. The first-order chi connectivity index (χ1) is 8.38. The van der Waals surface area contributed by atoms with Crippen LogP contribution < -0.4 is 10.6 Å². The van der Waals surface area contributed by atoms with Crippen molar-refractivity contribution in [2.75, 3.05) is 30.8 Å². The molecule has 2 N–H and O–H groups in total. The second-order valence-corrected chi connectivity index (χ2v) is 4.24. The number of nitrogens with zero attached hydrogens (tertiary/aromatic N) is 2. The summed E-state index contributed by atoms with van der Waals surface area (Å²) >= 11 is 0. The summed E-state index contributed by atoms with van der Waals surface area (Å²) in [7, 11) is 1.83. The standard InChI is InChI=1S/C12H20N4O/c1-13-11-8-14-9-12(16-11)15-6-7-17-10-4-2-3-5-10/h8-10H,2-7H2,1H3,(H2,13,15,16). The summed E-state index contributed by atoms with van der Waals surface area (Å²) in [6.07, 6.45) is 8.95. The molecule has 0 unspecified atom stereocenters. The number of hydrogen-bond donors (Lipinski definition) is 2. The van der Waals surface area contributed by atoms with E-state index in [9.17, 15) is 0 Å². The molecular formula is C12H20N4O. The van der Waals surface area contributed by atoms with Crippen molar-refractivity contribution in [2.24, 2.45) is 0 Å². The minimum atomic E-state index is 0.478. The molecule has 0 bridgehead atoms. The van der Waals surface area contributed by atoms with Gasteiger partial charge in [0.25, 0.3) is 0 Å². The number of nitrogens with one attached hydrogen (secondary N) is 2. The summed E-state index contributed by atoms with van der Waals surface area (Å²) in [6.45, 7) is 1.51. The quantitative estimate of drug-likeness (QED) is 0.739. The van der Waals surface area contributed by atoms with Gasteiger partial charge >= 0.3 is 0 Å². The van der Waals surface area contributed by atoms with Crippen LogP contribution in [0, 0.1) is 0 Å². The summed E-state index contributed by atoms with van der Waals surface area (Å²) in [5, 5.41) is 6.16. The van der Waals surface area contributed by atoms with Crippen molar-refractivity contribution in [3.63, 3.8) is 0 Å². The predicted molar refractivity (Wildman–Crippen MR) is 68.3 cm³/mol. The molecule has 1 aromatic heterocycles. The monoisotopic (exact) mass is 236 g/mol. The van der Waals surface area contributed by atoms with Gasteiger partial charge in [-0.2, -0.15) is 0 Å². The first kappa shape index (κ1) is 12.1. The first-order valence-electron chi connectivity index (χ1n) is 6.24. The maximum absolute atomic E-state index is 5.75. The molecule has 1 fully saturated rings. The molecule has 0 amide bonds. The lowest BCUT2D eigenvalue weighted by Gasteiger charge is -2.11. The summed E-state index contributed by atoms with van der Waals surface area (Å²) in [5.74, 6) is 1.55. The molecule has 1 heterocycles. The molecular weight excluding hydrogens is 216 g/mol. The topological polar surface area (TPSA) is 59.1 Å². The zero-order chi connectivity index (χ0) is 11.9. The highest BCUT2D eigenvalue weighted by molar-refractivity contribution is 5.40. The Morgan fingerprint density at radius 3 is 2.82 bits per heavy atom. The van der Waals surface area contributed by atoms with Gasteiger partial charge in [0, 0.05) is 13.6 Å². The largest absolute Gasteiger partial charge is 0.376 e. The van der Waals surface area contributed by atoms with Crippen molar-refractivity contribution >= 4 is 11.6 Å². The Morgan fingerprint density at radius 1 is 1.29 bits per heavy atom. The van der Waals surface area contributed by atoms with Gasteiger partial charge in [0.2, 0.25) is 0 Å². The fraction of sp³-hybridized carbons (Fsp3) is 0.667. The zero-order valence-corrected chi connectivity index (χ0v) is 10.3. The Morgan fingerprint density at radius 2 is 2.06 bits per heavy atom. The number of rotatable bonds is 6. The van der Waals surface area contributed by atoms with Gasteiger partial charge in [0.1, 0.15) is 11.6 Å². The van der Waals surface area contributed by atoms with Crippen LogP contribution in [0.5, 0.6) is 0 Å². The molecule has 1 aliphatic rings. The smallest absolute Gasteiger partial charge is 0.147 e. The van der Waals surface area contributed by atoms with Gasteiger partial charge in [-0.15, -0.1) is 0 Å². The second-order valence-electron chi connectivity index (χ2n) is 4.24. The molecule has 0 aromatic carbocycles. The van der Waals surface area contributed by atoms with Crippen molar-refractivity contribution in [1.82, 2.24) is 9.97 Å². The van der Waals surface area contributed by atoms with E-state index in [1.807, 2.05) is 7.05 Å². The summed E-state index contributed by atoms with van der Waals surface area (Å²) < 4.78 is 5.75. The van der Waals surface area contributed by atoms with Gasteiger partial charge in [-0.1, -0.05) is 12.8 Å². The molecule has 0 saturated heterocycles. The number of ether oxygens (including phenoxy) is 1. The Balaban J connectivity index is 1.66. The molecule has 0 aliphatic heterocycles. The van der Waals surface area contributed by atoms with Gasteiger partial charge in [-0.05, 0) is 12.8 Å². The van der Waals surface area contributed by atoms with Crippen LogP contribution in [0.25, 0.3) is 0 Å². The Hall–Kier alpha value is -1.36. The molecule has 0 atom stereocenters. The van der Waals surface area contributed by atoms with E-state index < -0.39 is 0 Å². The third-order valence-electron chi connectivity index (χ3n) is 2.95. The van der Waals surface area contributed by atoms with Crippen molar-refractivity contribution in [3.05, 3.63) is 12.4 Å². The number of aromatic nitrogens is 2. The van der Waals surface area contributed by atoms with Gasteiger partial charge in [0.05, 0.1) is 25.1 Å². The third kappa shape index (κ3) is 3.85. The van der Waals surface area contributed by atoms with E-state index in [0.29, 0.717) is 6.10 Å². The lowest BCUT2D eigenvalue weighted by Crippen LogP contribution is -2.16. The van der Waals surface area contributed by atoms with E-state index in [4.69, 9.17) is 4.74 Å². The van der Waals surface area contributed by atoms with Crippen LogP contribution in [0.1, 0.15) is 25.7 Å². The van der Waals surface area contributed by atoms with Crippen LogP contribution in [-0.2, 0) is 4.74 Å². The molecule has 0 spiro atoms. The first-order valence-corrected chi connectivity index (χ1v) is 6.24. The lowest BCUT2D eigenvalue weighted by molar-refractivity contribution is 0.0658. The normalized spacial score (nSPS) is 16.1. The molecule has 2 rings (SSSR count). The van der Waals surface area contributed by atoms with Crippen molar-refractivity contribution in [3.8, 4) is 0 Å². The lowest BCUT2D eigenvalue weighted by atomic mass is 10.3. The Bertz CT molecular complexity index is 339. The summed E-state index contributed by atoms with van der Waals surface area (Å²) in [6, 6.07) is 0. The van der Waals surface area contributed by atoms with Crippen LogP contribution in [0.2, 0.25) is 0 Å². The molecule has 1 aliphatic carbocycles. The molecule has 1 saturated carbocycles.